The molecule has 2 aromatic heterocycles. The van der Waals surface area contributed by atoms with Gasteiger partial charge < -0.3 is 0 Å². The van der Waals surface area contributed by atoms with E-state index in [2.05, 4.69) is 15.4 Å². The van der Waals surface area contributed by atoms with Crippen molar-refractivity contribution in [3.63, 3.8) is 0 Å². The second kappa shape index (κ2) is 4.88. The summed E-state index contributed by atoms with van der Waals surface area (Å²) >= 11 is 0. The third-order valence-corrected chi connectivity index (χ3v) is 6.16. The molecule has 22 heavy (non-hydrogen) atoms. The Morgan fingerprint density at radius 1 is 1.23 bits per heavy atom. The van der Waals surface area contributed by atoms with E-state index >= 15 is 0 Å². The van der Waals surface area contributed by atoms with Gasteiger partial charge in [-0.1, -0.05) is 5.21 Å². The lowest BCUT2D eigenvalue weighted by atomic mass is 10.2. The molecule has 2 aromatic rings. The number of hydrogen-bond donors (Lipinski definition) is 0. The fourth-order valence-electron chi connectivity index (χ4n) is 2.86. The predicted octanol–water partition coefficient (Wildman–Crippen LogP) is 0.525. The Morgan fingerprint density at radius 3 is 2.73 bits per heavy atom. The van der Waals surface area contributed by atoms with Gasteiger partial charge in [-0.15, -0.1) is 5.10 Å². The lowest BCUT2D eigenvalue weighted by Gasteiger charge is -2.15. The zero-order valence-electron chi connectivity index (χ0n) is 12.3. The molecule has 1 saturated heterocycles. The summed E-state index contributed by atoms with van der Waals surface area (Å²) in [6.07, 6.45) is 8.03. The number of hydrogen-bond acceptors (Lipinski definition) is 5. The minimum absolute atomic E-state index is 0.0615. The van der Waals surface area contributed by atoms with Gasteiger partial charge in [0.2, 0.25) is 10.0 Å². The van der Waals surface area contributed by atoms with Gasteiger partial charge >= 0.3 is 0 Å². The van der Waals surface area contributed by atoms with Crippen molar-refractivity contribution in [3.8, 4) is 0 Å². The van der Waals surface area contributed by atoms with Crippen LogP contribution in [0.25, 0.3) is 0 Å². The molecule has 4 rings (SSSR count). The van der Waals surface area contributed by atoms with Crippen LogP contribution in [0.3, 0.4) is 0 Å². The van der Waals surface area contributed by atoms with Crippen LogP contribution in [0.4, 0.5) is 0 Å². The first-order valence-electron chi connectivity index (χ1n) is 7.44. The van der Waals surface area contributed by atoms with Crippen LogP contribution in [-0.2, 0) is 17.1 Å². The zero-order chi connectivity index (χ0) is 15.3. The van der Waals surface area contributed by atoms with E-state index in [4.69, 9.17) is 0 Å². The molecule has 1 saturated carbocycles. The summed E-state index contributed by atoms with van der Waals surface area (Å²) in [5.74, 6) is 0.561. The van der Waals surface area contributed by atoms with Gasteiger partial charge in [0.1, 0.15) is 4.90 Å². The summed E-state index contributed by atoms with van der Waals surface area (Å²) in [4.78, 5) is 0.243. The van der Waals surface area contributed by atoms with Gasteiger partial charge in [0.15, 0.2) is 0 Å². The van der Waals surface area contributed by atoms with Crippen LogP contribution in [-0.4, -0.2) is 50.6 Å². The van der Waals surface area contributed by atoms with Crippen molar-refractivity contribution >= 4 is 10.0 Å². The highest BCUT2D eigenvalue weighted by atomic mass is 32.2. The Labute approximate surface area is 128 Å². The number of aromatic nitrogens is 5. The summed E-state index contributed by atoms with van der Waals surface area (Å²) in [5.41, 5.74) is 1.04. The normalized spacial score (nSPS) is 23.2. The lowest BCUT2D eigenvalue weighted by molar-refractivity contribution is 0.428. The standard InChI is InChI=1S/C13H18N6O2S/c1-17-8-12(6-14-17)22(20,21)18-5-4-11(7-18)19-9-13(15-16-19)10-2-3-10/h6,8-11H,2-5,7H2,1H3/t11-/m0/s1. The highest BCUT2D eigenvalue weighted by Gasteiger charge is 2.35. The average molecular weight is 322 g/mol. The molecule has 0 spiro atoms. The van der Waals surface area contributed by atoms with Gasteiger partial charge in [0, 0.05) is 38.4 Å². The molecule has 0 bridgehead atoms. The molecular formula is C13H18N6O2S. The van der Waals surface area contributed by atoms with Gasteiger partial charge in [0.25, 0.3) is 0 Å². The average Bonchev–Trinajstić information content (AvgIpc) is 2.95. The zero-order valence-corrected chi connectivity index (χ0v) is 13.1. The largest absolute Gasteiger partial charge is 0.274 e. The molecule has 3 heterocycles. The van der Waals surface area contributed by atoms with E-state index in [1.165, 1.54) is 34.2 Å². The minimum atomic E-state index is -3.47. The van der Waals surface area contributed by atoms with Crippen LogP contribution in [0.1, 0.15) is 36.9 Å². The SMILES string of the molecule is Cn1cc(S(=O)(=O)N2CC[C@H](n3cc(C4CC4)nn3)C2)cn1. The second-order valence-electron chi connectivity index (χ2n) is 6.05. The van der Waals surface area contributed by atoms with Crippen LogP contribution in [0.5, 0.6) is 0 Å². The molecule has 8 nitrogen and oxygen atoms in total. The third-order valence-electron chi connectivity index (χ3n) is 4.34. The van der Waals surface area contributed by atoms with Crippen molar-refractivity contribution in [2.75, 3.05) is 13.1 Å². The Bertz CT molecular complexity index is 791. The summed E-state index contributed by atoms with van der Waals surface area (Å²) in [7, 11) is -1.76. The molecule has 0 aromatic carbocycles. The molecule has 0 unspecified atom stereocenters. The number of aryl methyl sites for hydroxylation is 1. The van der Waals surface area contributed by atoms with E-state index in [-0.39, 0.29) is 10.9 Å². The lowest BCUT2D eigenvalue weighted by Crippen LogP contribution is -2.29. The molecule has 9 heteroatoms. The summed E-state index contributed by atoms with van der Waals surface area (Å²) in [6.45, 7) is 0.936. The van der Waals surface area contributed by atoms with Crippen molar-refractivity contribution in [3.05, 3.63) is 24.3 Å². The van der Waals surface area contributed by atoms with Crippen LogP contribution < -0.4 is 0 Å². The van der Waals surface area contributed by atoms with Gasteiger partial charge in [-0.2, -0.15) is 9.40 Å². The number of nitrogens with zero attached hydrogens (tertiary/aromatic N) is 6. The van der Waals surface area contributed by atoms with Crippen molar-refractivity contribution in [1.29, 1.82) is 0 Å². The van der Waals surface area contributed by atoms with Crippen LogP contribution in [0.2, 0.25) is 0 Å². The summed E-state index contributed by atoms with van der Waals surface area (Å²) < 4.78 is 30.0. The molecule has 0 N–H and O–H groups in total. The molecule has 1 aliphatic heterocycles. The van der Waals surface area contributed by atoms with Crippen molar-refractivity contribution in [2.24, 2.45) is 7.05 Å². The van der Waals surface area contributed by atoms with E-state index < -0.39 is 10.0 Å². The fraction of sp³-hybridized carbons (Fsp3) is 0.615. The molecule has 0 radical (unpaired) electrons. The first-order valence-corrected chi connectivity index (χ1v) is 8.88. The Balaban J connectivity index is 1.51. The van der Waals surface area contributed by atoms with Crippen LogP contribution >= 0.6 is 0 Å². The first kappa shape index (κ1) is 13.9. The molecule has 1 atom stereocenters. The Hall–Kier alpha value is -1.74. The van der Waals surface area contributed by atoms with E-state index in [9.17, 15) is 8.42 Å². The second-order valence-corrected chi connectivity index (χ2v) is 7.99. The van der Waals surface area contributed by atoms with E-state index in [1.54, 1.807) is 7.05 Å². The molecule has 0 amide bonds. The number of rotatable bonds is 4. The van der Waals surface area contributed by atoms with Crippen molar-refractivity contribution < 1.29 is 8.42 Å². The van der Waals surface area contributed by atoms with Gasteiger partial charge in [-0.05, 0) is 19.3 Å². The highest BCUT2D eigenvalue weighted by Crippen LogP contribution is 2.39. The highest BCUT2D eigenvalue weighted by molar-refractivity contribution is 7.89. The Morgan fingerprint density at radius 2 is 2.05 bits per heavy atom. The van der Waals surface area contributed by atoms with E-state index in [0.717, 1.165) is 12.1 Å². The quantitative estimate of drug-likeness (QED) is 0.819. The minimum Gasteiger partial charge on any atom is -0.274 e. The topological polar surface area (TPSA) is 85.9 Å². The van der Waals surface area contributed by atoms with Crippen molar-refractivity contribution in [1.82, 2.24) is 29.1 Å². The maximum Gasteiger partial charge on any atom is 0.246 e. The van der Waals surface area contributed by atoms with E-state index in [0.29, 0.717) is 19.0 Å². The first-order chi connectivity index (χ1) is 10.5. The fourth-order valence-corrected chi connectivity index (χ4v) is 4.34. The van der Waals surface area contributed by atoms with Gasteiger partial charge in [-0.3, -0.25) is 4.68 Å². The monoisotopic (exact) mass is 322 g/mol. The van der Waals surface area contributed by atoms with E-state index in [1.807, 2.05) is 10.9 Å². The predicted molar refractivity (Wildman–Crippen MR) is 77.6 cm³/mol. The maximum absolute atomic E-state index is 12.6. The smallest absolute Gasteiger partial charge is 0.246 e. The maximum atomic E-state index is 12.6. The van der Waals surface area contributed by atoms with Gasteiger partial charge in [0.05, 0.1) is 17.9 Å². The molecule has 1 aliphatic carbocycles. The van der Waals surface area contributed by atoms with Crippen molar-refractivity contribution in [2.45, 2.75) is 36.1 Å². The number of sulfonamides is 1. The molecule has 2 fully saturated rings. The molecule has 2 aliphatic rings. The Kier molecular flexibility index (Phi) is 3.08. The third kappa shape index (κ3) is 2.34. The summed E-state index contributed by atoms with van der Waals surface area (Å²) in [5, 5.41) is 12.3. The molecule has 118 valence electrons. The van der Waals surface area contributed by atoms with Crippen LogP contribution in [0.15, 0.2) is 23.5 Å². The van der Waals surface area contributed by atoms with Crippen LogP contribution in [0, 0.1) is 0 Å². The molecular weight excluding hydrogens is 304 g/mol. The summed E-state index contributed by atoms with van der Waals surface area (Å²) in [6, 6.07) is 0.0615. The van der Waals surface area contributed by atoms with Gasteiger partial charge in [-0.25, -0.2) is 13.1 Å².